The molecule has 4 rings (SSSR count). The van der Waals surface area contributed by atoms with Gasteiger partial charge >= 0.3 is 0 Å². The predicted octanol–water partition coefficient (Wildman–Crippen LogP) is 2.31. The summed E-state index contributed by atoms with van der Waals surface area (Å²) >= 11 is 0. The molecule has 0 amide bonds. The van der Waals surface area contributed by atoms with Crippen molar-refractivity contribution in [3.63, 3.8) is 0 Å². The van der Waals surface area contributed by atoms with E-state index in [1.807, 2.05) is 0 Å². The van der Waals surface area contributed by atoms with E-state index < -0.39 is 0 Å². The van der Waals surface area contributed by atoms with E-state index in [1.54, 1.807) is 0 Å². The van der Waals surface area contributed by atoms with Crippen LogP contribution in [0.25, 0.3) is 5.65 Å². The second kappa shape index (κ2) is 7.83. The van der Waals surface area contributed by atoms with Crippen molar-refractivity contribution in [2.75, 3.05) is 19.8 Å². The molecule has 1 saturated carbocycles. The molecule has 132 valence electrons. The van der Waals surface area contributed by atoms with Gasteiger partial charge in [0, 0.05) is 37.6 Å². The normalized spacial score (nSPS) is 27.3. The van der Waals surface area contributed by atoms with Crippen molar-refractivity contribution in [1.29, 1.82) is 0 Å². The van der Waals surface area contributed by atoms with Crippen LogP contribution in [0.15, 0.2) is 24.5 Å². The molecule has 1 aliphatic heterocycles. The number of imidazole rings is 1. The lowest BCUT2D eigenvalue weighted by molar-refractivity contribution is 0.0524. The van der Waals surface area contributed by atoms with Crippen molar-refractivity contribution in [2.45, 2.75) is 44.8 Å². The molecule has 1 saturated heterocycles. The van der Waals surface area contributed by atoms with Crippen molar-refractivity contribution in [3.05, 3.63) is 35.8 Å². The number of hydrogen-bond acceptors (Lipinski definition) is 4. The summed E-state index contributed by atoms with van der Waals surface area (Å²) in [6.45, 7) is 5.64. The quantitative estimate of drug-likeness (QED) is 0.888. The minimum absolute atomic E-state index is 0. The van der Waals surface area contributed by atoms with Crippen LogP contribution in [-0.2, 0) is 11.3 Å². The number of halogens is 1. The van der Waals surface area contributed by atoms with Crippen LogP contribution < -0.4 is 10.6 Å². The lowest BCUT2D eigenvalue weighted by atomic mass is 9.94. The summed E-state index contributed by atoms with van der Waals surface area (Å²) in [6.07, 6.45) is 8.08. The number of morpholine rings is 1. The molecule has 24 heavy (non-hydrogen) atoms. The Morgan fingerprint density at radius 1 is 1.42 bits per heavy atom. The maximum atomic E-state index is 5.65. The molecule has 5 nitrogen and oxygen atoms in total. The van der Waals surface area contributed by atoms with Crippen LogP contribution in [0.2, 0.25) is 0 Å². The van der Waals surface area contributed by atoms with Crippen LogP contribution in [0.4, 0.5) is 0 Å². The predicted molar refractivity (Wildman–Crippen MR) is 97.8 cm³/mol. The maximum absolute atomic E-state index is 5.65. The molecule has 0 aromatic carbocycles. The first-order valence-corrected chi connectivity index (χ1v) is 8.78. The smallest absolute Gasteiger partial charge is 0.137 e. The van der Waals surface area contributed by atoms with Gasteiger partial charge in [-0.25, -0.2) is 4.98 Å². The van der Waals surface area contributed by atoms with Gasteiger partial charge in [-0.1, -0.05) is 6.42 Å². The summed E-state index contributed by atoms with van der Waals surface area (Å²) in [4.78, 5) is 4.73. The number of ether oxygens (including phenoxy) is 1. The average molecular weight is 351 g/mol. The average Bonchev–Trinajstić information content (AvgIpc) is 3.19. The molecule has 1 aliphatic carbocycles. The summed E-state index contributed by atoms with van der Waals surface area (Å²) in [5, 5.41) is 7.38. The number of pyridine rings is 1. The zero-order chi connectivity index (χ0) is 15.6. The fraction of sp³-hybridized carbons (Fsp3) is 0.611. The molecule has 2 aromatic heterocycles. The van der Waals surface area contributed by atoms with Crippen molar-refractivity contribution < 1.29 is 4.74 Å². The molecular formula is C18H27ClN4O. The van der Waals surface area contributed by atoms with E-state index >= 15 is 0 Å². The molecule has 2 aromatic rings. The van der Waals surface area contributed by atoms with Crippen LogP contribution in [-0.4, -0.2) is 41.2 Å². The number of aromatic nitrogens is 2. The van der Waals surface area contributed by atoms with Crippen molar-refractivity contribution in [1.82, 2.24) is 20.0 Å². The Morgan fingerprint density at radius 2 is 2.33 bits per heavy atom. The molecule has 0 spiro atoms. The van der Waals surface area contributed by atoms with Crippen molar-refractivity contribution >= 4 is 18.1 Å². The van der Waals surface area contributed by atoms with Gasteiger partial charge in [-0.2, -0.15) is 0 Å². The first-order valence-electron chi connectivity index (χ1n) is 8.78. The molecule has 6 heteroatoms. The minimum Gasteiger partial charge on any atom is -0.379 e. The lowest BCUT2D eigenvalue weighted by Crippen LogP contribution is -2.50. The first kappa shape index (κ1) is 17.7. The van der Waals surface area contributed by atoms with Crippen LogP contribution in [0.5, 0.6) is 0 Å². The Morgan fingerprint density at radius 3 is 3.17 bits per heavy atom. The minimum atomic E-state index is 0. The third-order valence-corrected chi connectivity index (χ3v) is 5.25. The van der Waals surface area contributed by atoms with Gasteiger partial charge < -0.3 is 19.8 Å². The molecule has 3 atom stereocenters. The molecular weight excluding hydrogens is 324 g/mol. The maximum Gasteiger partial charge on any atom is 0.137 e. The summed E-state index contributed by atoms with van der Waals surface area (Å²) in [5.74, 6) is 0.676. The van der Waals surface area contributed by atoms with E-state index in [0.29, 0.717) is 18.0 Å². The van der Waals surface area contributed by atoms with Gasteiger partial charge in [0.15, 0.2) is 0 Å². The summed E-state index contributed by atoms with van der Waals surface area (Å²) in [7, 11) is 0. The van der Waals surface area contributed by atoms with Crippen LogP contribution >= 0.6 is 12.4 Å². The highest BCUT2D eigenvalue weighted by molar-refractivity contribution is 5.85. The highest BCUT2D eigenvalue weighted by Crippen LogP contribution is 2.29. The number of fused-ring (bicyclic) bond motifs is 1. The highest BCUT2D eigenvalue weighted by Gasteiger charge is 2.34. The third-order valence-electron chi connectivity index (χ3n) is 5.25. The second-order valence-electron chi connectivity index (χ2n) is 6.92. The highest BCUT2D eigenvalue weighted by atomic mass is 35.5. The summed E-state index contributed by atoms with van der Waals surface area (Å²) < 4.78 is 7.75. The topological polar surface area (TPSA) is 50.6 Å². The van der Waals surface area contributed by atoms with E-state index in [1.165, 1.54) is 24.8 Å². The van der Waals surface area contributed by atoms with Gasteiger partial charge in [0.05, 0.1) is 18.9 Å². The van der Waals surface area contributed by atoms with Crippen molar-refractivity contribution in [2.24, 2.45) is 5.92 Å². The lowest BCUT2D eigenvalue weighted by Gasteiger charge is -2.32. The Balaban J connectivity index is 0.00000169. The standard InChI is InChI=1S/C18H26N4O.ClH/c1-13-5-7-22-11-14(21-18(22)9-13)10-20-16-4-2-3-15(16)17-12-23-8-6-19-17;/h5,7,9,11,15-17,19-20H,2-4,6,8,10,12H2,1H3;1H. The molecule has 0 radical (unpaired) electrons. The molecule has 2 N–H and O–H groups in total. The molecule has 0 bridgehead atoms. The summed E-state index contributed by atoms with van der Waals surface area (Å²) in [6, 6.07) is 5.33. The third kappa shape index (κ3) is 3.75. The van der Waals surface area contributed by atoms with E-state index in [4.69, 9.17) is 9.72 Å². The molecule has 2 fully saturated rings. The number of aryl methyl sites for hydroxylation is 1. The van der Waals surface area contributed by atoms with Crippen LogP contribution in [0.1, 0.15) is 30.5 Å². The van der Waals surface area contributed by atoms with E-state index in [9.17, 15) is 0 Å². The number of nitrogens with zero attached hydrogens (tertiary/aromatic N) is 2. The van der Waals surface area contributed by atoms with Gasteiger partial charge in [-0.3, -0.25) is 0 Å². The van der Waals surface area contributed by atoms with Crippen molar-refractivity contribution in [3.8, 4) is 0 Å². The fourth-order valence-electron chi connectivity index (χ4n) is 4.04. The van der Waals surface area contributed by atoms with E-state index in [-0.39, 0.29) is 12.4 Å². The monoisotopic (exact) mass is 350 g/mol. The second-order valence-corrected chi connectivity index (χ2v) is 6.92. The number of nitrogens with one attached hydrogen (secondary N) is 2. The van der Waals surface area contributed by atoms with Gasteiger partial charge in [0.1, 0.15) is 5.65 Å². The molecule has 3 heterocycles. The Bertz CT molecular complexity index is 668. The van der Waals surface area contributed by atoms with Gasteiger partial charge in [0.2, 0.25) is 0 Å². The number of rotatable bonds is 4. The number of hydrogen-bond donors (Lipinski definition) is 2. The van der Waals surface area contributed by atoms with Gasteiger partial charge in [0.25, 0.3) is 0 Å². The Kier molecular flexibility index (Phi) is 5.76. The van der Waals surface area contributed by atoms with Crippen LogP contribution in [0.3, 0.4) is 0 Å². The Labute approximate surface area is 149 Å². The molecule has 2 aliphatic rings. The fourth-order valence-corrected chi connectivity index (χ4v) is 4.04. The molecule has 3 unspecified atom stereocenters. The largest absolute Gasteiger partial charge is 0.379 e. The van der Waals surface area contributed by atoms with Gasteiger partial charge in [-0.05, 0) is 43.4 Å². The van der Waals surface area contributed by atoms with E-state index in [0.717, 1.165) is 37.6 Å². The Hall–Kier alpha value is -1.14. The first-order chi connectivity index (χ1) is 11.3. The van der Waals surface area contributed by atoms with Gasteiger partial charge in [-0.15, -0.1) is 12.4 Å². The summed E-state index contributed by atoms with van der Waals surface area (Å²) in [5.41, 5.74) is 3.41. The van der Waals surface area contributed by atoms with E-state index in [2.05, 4.69) is 46.5 Å². The zero-order valence-electron chi connectivity index (χ0n) is 14.2. The van der Waals surface area contributed by atoms with Crippen LogP contribution in [0, 0.1) is 12.8 Å². The zero-order valence-corrected chi connectivity index (χ0v) is 15.0. The SMILES string of the molecule is Cc1ccn2cc(CNC3CCCC3C3COCCN3)nc2c1.Cl.